The average molecular weight is 340 g/mol. The molecular weight excluding hydrogens is 326 g/mol. The van der Waals surface area contributed by atoms with E-state index in [2.05, 4.69) is 11.4 Å². The molecular formula is C18H14ClN3O2. The predicted molar refractivity (Wildman–Crippen MR) is 89.0 cm³/mol. The van der Waals surface area contributed by atoms with Crippen molar-refractivity contribution in [2.75, 3.05) is 0 Å². The number of nitrogens with one attached hydrogen (secondary N) is 1. The van der Waals surface area contributed by atoms with Crippen molar-refractivity contribution in [2.45, 2.75) is 19.0 Å². The van der Waals surface area contributed by atoms with E-state index < -0.39 is 17.5 Å². The molecule has 120 valence electrons. The lowest BCUT2D eigenvalue weighted by Crippen LogP contribution is -2.41. The average Bonchev–Trinajstić information content (AvgIpc) is 2.80. The summed E-state index contributed by atoms with van der Waals surface area (Å²) in [7, 11) is 0. The van der Waals surface area contributed by atoms with E-state index in [0.29, 0.717) is 21.7 Å². The van der Waals surface area contributed by atoms with E-state index in [4.69, 9.17) is 16.9 Å². The van der Waals surface area contributed by atoms with E-state index in [0.717, 1.165) is 4.90 Å². The molecule has 0 bridgehead atoms. The Morgan fingerprint density at radius 3 is 2.54 bits per heavy atom. The van der Waals surface area contributed by atoms with Crippen molar-refractivity contribution in [3.05, 3.63) is 70.2 Å². The molecule has 1 atom stereocenters. The molecule has 0 aromatic heterocycles. The summed E-state index contributed by atoms with van der Waals surface area (Å²) < 4.78 is 0. The first-order valence-corrected chi connectivity index (χ1v) is 7.72. The maximum atomic E-state index is 12.9. The molecule has 0 aliphatic carbocycles. The SMILES string of the molecule is CC1(c2ccccc2Cl)NC(=O)N(Cc2ccccc2C#N)C1=O. The summed E-state index contributed by atoms with van der Waals surface area (Å²) in [6, 6.07) is 15.4. The molecule has 3 amide bonds. The van der Waals surface area contributed by atoms with Crippen LogP contribution in [0.1, 0.15) is 23.6 Å². The number of imide groups is 1. The van der Waals surface area contributed by atoms with Gasteiger partial charge in [0, 0.05) is 10.6 Å². The Morgan fingerprint density at radius 2 is 1.83 bits per heavy atom. The number of urea groups is 1. The van der Waals surface area contributed by atoms with Gasteiger partial charge >= 0.3 is 6.03 Å². The molecule has 2 aromatic carbocycles. The maximum Gasteiger partial charge on any atom is 0.325 e. The maximum absolute atomic E-state index is 12.9. The third-order valence-corrected chi connectivity index (χ3v) is 4.48. The number of rotatable bonds is 3. The van der Waals surface area contributed by atoms with Crippen LogP contribution in [0, 0.1) is 11.3 Å². The summed E-state index contributed by atoms with van der Waals surface area (Å²) in [4.78, 5) is 26.4. The topological polar surface area (TPSA) is 73.2 Å². The second-order valence-electron chi connectivity index (χ2n) is 5.70. The molecule has 1 unspecified atom stereocenters. The lowest BCUT2D eigenvalue weighted by Gasteiger charge is -2.23. The molecule has 0 spiro atoms. The Kier molecular flexibility index (Phi) is 4.00. The van der Waals surface area contributed by atoms with Gasteiger partial charge < -0.3 is 5.32 Å². The molecule has 1 saturated heterocycles. The van der Waals surface area contributed by atoms with Crippen LogP contribution in [0.15, 0.2) is 48.5 Å². The van der Waals surface area contributed by atoms with Crippen LogP contribution in [-0.2, 0) is 16.9 Å². The third-order valence-electron chi connectivity index (χ3n) is 4.15. The van der Waals surface area contributed by atoms with Gasteiger partial charge in [0.15, 0.2) is 0 Å². The minimum Gasteiger partial charge on any atom is -0.319 e. The molecule has 1 aliphatic rings. The highest BCUT2D eigenvalue weighted by Gasteiger charge is 2.49. The largest absolute Gasteiger partial charge is 0.325 e. The third kappa shape index (κ3) is 2.51. The van der Waals surface area contributed by atoms with E-state index in [1.165, 1.54) is 0 Å². The fourth-order valence-electron chi connectivity index (χ4n) is 2.83. The number of nitriles is 1. The van der Waals surface area contributed by atoms with Crippen molar-refractivity contribution in [3.63, 3.8) is 0 Å². The molecule has 1 fully saturated rings. The molecule has 6 heteroatoms. The summed E-state index contributed by atoms with van der Waals surface area (Å²) in [6.07, 6.45) is 0. The van der Waals surface area contributed by atoms with Crippen LogP contribution in [0.2, 0.25) is 5.02 Å². The molecule has 1 N–H and O–H groups in total. The predicted octanol–water partition coefficient (Wildman–Crippen LogP) is 3.18. The van der Waals surface area contributed by atoms with Crippen LogP contribution in [0.3, 0.4) is 0 Å². The van der Waals surface area contributed by atoms with Gasteiger partial charge in [-0.05, 0) is 24.6 Å². The Labute approximate surface area is 144 Å². The van der Waals surface area contributed by atoms with Gasteiger partial charge in [-0.1, -0.05) is 48.0 Å². The minimum atomic E-state index is -1.23. The molecule has 0 saturated carbocycles. The van der Waals surface area contributed by atoms with Crippen LogP contribution in [0.4, 0.5) is 4.79 Å². The molecule has 24 heavy (non-hydrogen) atoms. The first-order chi connectivity index (χ1) is 11.5. The van der Waals surface area contributed by atoms with Crippen molar-refractivity contribution in [1.29, 1.82) is 5.26 Å². The summed E-state index contributed by atoms with van der Waals surface area (Å²) in [5.74, 6) is -0.395. The van der Waals surface area contributed by atoms with E-state index in [9.17, 15) is 9.59 Å². The van der Waals surface area contributed by atoms with Gasteiger partial charge in [0.25, 0.3) is 5.91 Å². The lowest BCUT2D eigenvalue weighted by atomic mass is 9.92. The number of halogens is 1. The number of carbonyl (C=O) groups is 2. The lowest BCUT2D eigenvalue weighted by molar-refractivity contribution is -0.131. The van der Waals surface area contributed by atoms with E-state index in [1.54, 1.807) is 55.5 Å². The highest BCUT2D eigenvalue weighted by atomic mass is 35.5. The summed E-state index contributed by atoms with van der Waals surface area (Å²) in [6.45, 7) is 1.67. The van der Waals surface area contributed by atoms with Crippen molar-refractivity contribution in [2.24, 2.45) is 0 Å². The van der Waals surface area contributed by atoms with Crippen LogP contribution < -0.4 is 5.32 Å². The smallest absolute Gasteiger partial charge is 0.319 e. The molecule has 3 rings (SSSR count). The van der Waals surface area contributed by atoms with Crippen molar-refractivity contribution in [3.8, 4) is 6.07 Å². The number of hydrogen-bond acceptors (Lipinski definition) is 3. The fraction of sp³-hybridized carbons (Fsp3) is 0.167. The van der Waals surface area contributed by atoms with Crippen LogP contribution in [0.25, 0.3) is 0 Å². The Hall–Kier alpha value is -2.84. The van der Waals surface area contributed by atoms with Crippen LogP contribution >= 0.6 is 11.6 Å². The van der Waals surface area contributed by atoms with Gasteiger partial charge in [-0.15, -0.1) is 0 Å². The summed E-state index contributed by atoms with van der Waals surface area (Å²) in [5.41, 5.74) is 0.370. The number of benzene rings is 2. The second-order valence-corrected chi connectivity index (χ2v) is 6.10. The zero-order valence-electron chi connectivity index (χ0n) is 12.9. The first kappa shape index (κ1) is 16.0. The van der Waals surface area contributed by atoms with E-state index >= 15 is 0 Å². The Balaban J connectivity index is 1.96. The van der Waals surface area contributed by atoms with Crippen molar-refractivity contribution >= 4 is 23.5 Å². The van der Waals surface area contributed by atoms with Gasteiger partial charge in [-0.25, -0.2) is 4.79 Å². The van der Waals surface area contributed by atoms with Gasteiger partial charge in [-0.3, -0.25) is 9.69 Å². The number of hydrogen-bond donors (Lipinski definition) is 1. The Morgan fingerprint density at radius 1 is 1.17 bits per heavy atom. The van der Waals surface area contributed by atoms with E-state index in [1.807, 2.05) is 0 Å². The van der Waals surface area contributed by atoms with Gasteiger partial charge in [0.05, 0.1) is 18.2 Å². The van der Waals surface area contributed by atoms with Crippen LogP contribution in [0.5, 0.6) is 0 Å². The van der Waals surface area contributed by atoms with Gasteiger partial charge in [-0.2, -0.15) is 5.26 Å². The molecule has 1 aliphatic heterocycles. The quantitative estimate of drug-likeness (QED) is 0.873. The fourth-order valence-corrected chi connectivity index (χ4v) is 3.15. The normalized spacial score (nSPS) is 20.0. The summed E-state index contributed by atoms with van der Waals surface area (Å²) in [5, 5.41) is 12.3. The molecule has 0 radical (unpaired) electrons. The summed E-state index contributed by atoms with van der Waals surface area (Å²) >= 11 is 6.20. The first-order valence-electron chi connectivity index (χ1n) is 7.34. The highest BCUT2D eigenvalue weighted by molar-refractivity contribution is 6.32. The van der Waals surface area contributed by atoms with Crippen LogP contribution in [-0.4, -0.2) is 16.8 Å². The van der Waals surface area contributed by atoms with Crippen molar-refractivity contribution in [1.82, 2.24) is 10.2 Å². The van der Waals surface area contributed by atoms with E-state index in [-0.39, 0.29) is 6.54 Å². The molecule has 2 aromatic rings. The molecule has 5 nitrogen and oxygen atoms in total. The second kappa shape index (κ2) is 5.99. The zero-order chi connectivity index (χ0) is 17.3. The van der Waals surface area contributed by atoms with Gasteiger partial charge in [0.1, 0.15) is 5.54 Å². The number of nitrogens with zero attached hydrogens (tertiary/aromatic N) is 2. The van der Waals surface area contributed by atoms with Gasteiger partial charge in [0.2, 0.25) is 0 Å². The number of amides is 3. The Bertz CT molecular complexity index is 875. The molecule has 1 heterocycles. The van der Waals surface area contributed by atoms with Crippen molar-refractivity contribution < 1.29 is 9.59 Å². The minimum absolute atomic E-state index is 0.0362. The standard InChI is InChI=1S/C18H14ClN3O2/c1-18(14-8-4-5-9-15(14)19)16(23)22(17(24)21-18)11-13-7-3-2-6-12(13)10-20/h2-9H,11H2,1H3,(H,21,24). The number of carbonyl (C=O) groups excluding carboxylic acids is 2. The monoisotopic (exact) mass is 339 g/mol. The highest BCUT2D eigenvalue weighted by Crippen LogP contribution is 2.34. The zero-order valence-corrected chi connectivity index (χ0v) is 13.7.